The Labute approximate surface area is 157 Å². The molecule has 1 atom stereocenters. The number of aromatic nitrogens is 1. The van der Waals surface area contributed by atoms with Crippen molar-refractivity contribution in [3.63, 3.8) is 0 Å². The van der Waals surface area contributed by atoms with Gasteiger partial charge in [-0.15, -0.1) is 0 Å². The zero-order chi connectivity index (χ0) is 19.2. The summed E-state index contributed by atoms with van der Waals surface area (Å²) in [5.74, 6) is -0.281. The van der Waals surface area contributed by atoms with Gasteiger partial charge in [0.1, 0.15) is 11.4 Å². The number of aromatic amines is 1. The summed E-state index contributed by atoms with van der Waals surface area (Å²) < 4.78 is 19.6. The summed E-state index contributed by atoms with van der Waals surface area (Å²) in [7, 11) is 1.74. The topological polar surface area (TPSA) is 65.6 Å². The molecule has 0 aliphatic carbocycles. The van der Waals surface area contributed by atoms with Crippen LogP contribution in [0.25, 0.3) is 10.9 Å². The number of amides is 2. The van der Waals surface area contributed by atoms with E-state index >= 15 is 0 Å². The highest BCUT2D eigenvalue weighted by molar-refractivity contribution is 5.90. The Balaban J connectivity index is 1.49. The number of para-hydroxylation sites is 1. The molecule has 4 rings (SSSR count). The molecule has 6 nitrogen and oxygen atoms in total. The second kappa shape index (κ2) is 6.55. The first kappa shape index (κ1) is 17.8. The third-order valence-electron chi connectivity index (χ3n) is 5.82. The SMILES string of the molecule is Cc1[nH]c2c(F)cccc2c1CC(=O)N1CCC[C@@]2(CC1)CN(C)C(=O)O2. The second-order valence-corrected chi connectivity index (χ2v) is 7.71. The fraction of sp³-hybridized carbons (Fsp3) is 0.500. The molecule has 1 aromatic carbocycles. The minimum Gasteiger partial charge on any atom is -0.441 e. The van der Waals surface area contributed by atoms with Crippen molar-refractivity contribution in [3.8, 4) is 0 Å². The van der Waals surface area contributed by atoms with E-state index < -0.39 is 5.60 Å². The molecule has 1 spiro atoms. The van der Waals surface area contributed by atoms with Gasteiger partial charge in [0.05, 0.1) is 18.5 Å². The lowest BCUT2D eigenvalue weighted by Gasteiger charge is -2.25. The minimum atomic E-state index is -0.472. The number of hydrogen-bond acceptors (Lipinski definition) is 3. The average Bonchev–Trinajstić information content (AvgIpc) is 2.99. The van der Waals surface area contributed by atoms with E-state index in [4.69, 9.17) is 4.74 Å². The predicted octanol–water partition coefficient (Wildman–Crippen LogP) is 2.99. The van der Waals surface area contributed by atoms with Gasteiger partial charge < -0.3 is 19.5 Å². The number of carbonyl (C=O) groups is 2. The molecule has 0 bridgehead atoms. The molecule has 0 radical (unpaired) electrons. The van der Waals surface area contributed by atoms with Crippen molar-refractivity contribution < 1.29 is 18.7 Å². The first-order valence-electron chi connectivity index (χ1n) is 9.36. The molecule has 0 unspecified atom stereocenters. The lowest BCUT2D eigenvalue weighted by Crippen LogP contribution is -2.37. The number of nitrogens with one attached hydrogen (secondary N) is 1. The van der Waals surface area contributed by atoms with Gasteiger partial charge in [0, 0.05) is 37.6 Å². The molecule has 2 fully saturated rings. The number of H-pyrrole nitrogens is 1. The van der Waals surface area contributed by atoms with Crippen molar-refractivity contribution in [2.24, 2.45) is 0 Å². The lowest BCUT2D eigenvalue weighted by molar-refractivity contribution is -0.130. The maximum Gasteiger partial charge on any atom is 0.410 e. The van der Waals surface area contributed by atoms with E-state index in [-0.39, 0.29) is 24.2 Å². The maximum absolute atomic E-state index is 14.0. The highest BCUT2D eigenvalue weighted by Crippen LogP contribution is 2.33. The van der Waals surface area contributed by atoms with Gasteiger partial charge in [-0.05, 0) is 31.4 Å². The molecule has 2 saturated heterocycles. The van der Waals surface area contributed by atoms with Crippen LogP contribution in [0.1, 0.15) is 30.5 Å². The third-order valence-corrected chi connectivity index (χ3v) is 5.82. The lowest BCUT2D eigenvalue weighted by atomic mass is 9.95. The van der Waals surface area contributed by atoms with Crippen LogP contribution >= 0.6 is 0 Å². The van der Waals surface area contributed by atoms with Gasteiger partial charge in [-0.3, -0.25) is 4.79 Å². The largest absolute Gasteiger partial charge is 0.441 e. The average molecular weight is 373 g/mol. The van der Waals surface area contributed by atoms with Crippen LogP contribution < -0.4 is 0 Å². The highest BCUT2D eigenvalue weighted by Gasteiger charge is 2.44. The Hall–Kier alpha value is -2.57. The van der Waals surface area contributed by atoms with Crippen molar-refractivity contribution in [1.82, 2.24) is 14.8 Å². The third kappa shape index (κ3) is 3.15. The summed E-state index contributed by atoms with van der Waals surface area (Å²) in [5.41, 5.74) is 1.65. The monoisotopic (exact) mass is 373 g/mol. The second-order valence-electron chi connectivity index (χ2n) is 7.71. The predicted molar refractivity (Wildman–Crippen MR) is 99.0 cm³/mol. The van der Waals surface area contributed by atoms with E-state index in [0.29, 0.717) is 31.6 Å². The standard InChI is InChI=1S/C20H24FN3O3/c1-13-15(14-5-3-6-16(21)18(14)22-13)11-17(25)24-9-4-7-20(8-10-24)12-23(2)19(26)27-20/h3,5-6,22H,4,7-12H2,1-2H3/t20-/m1/s1. The van der Waals surface area contributed by atoms with Crippen LogP contribution in [0.4, 0.5) is 9.18 Å². The van der Waals surface area contributed by atoms with E-state index in [1.807, 2.05) is 17.9 Å². The van der Waals surface area contributed by atoms with E-state index in [1.54, 1.807) is 18.0 Å². The molecule has 2 amide bonds. The van der Waals surface area contributed by atoms with Gasteiger partial charge in [-0.1, -0.05) is 12.1 Å². The van der Waals surface area contributed by atoms with Crippen molar-refractivity contribution in [2.75, 3.05) is 26.7 Å². The number of nitrogens with zero attached hydrogens (tertiary/aromatic N) is 2. The molecule has 7 heteroatoms. The molecule has 2 aliphatic heterocycles. The number of halogens is 1. The Morgan fingerprint density at radius 1 is 1.33 bits per heavy atom. The Morgan fingerprint density at radius 2 is 2.15 bits per heavy atom. The number of aryl methyl sites for hydroxylation is 1. The zero-order valence-corrected chi connectivity index (χ0v) is 15.7. The number of carbonyl (C=O) groups excluding carboxylic acids is 2. The van der Waals surface area contributed by atoms with Crippen molar-refractivity contribution in [3.05, 3.63) is 35.3 Å². The molecule has 1 aromatic heterocycles. The van der Waals surface area contributed by atoms with Crippen molar-refractivity contribution in [1.29, 1.82) is 0 Å². The van der Waals surface area contributed by atoms with Gasteiger partial charge in [-0.25, -0.2) is 9.18 Å². The number of benzene rings is 1. The quantitative estimate of drug-likeness (QED) is 0.880. The van der Waals surface area contributed by atoms with Gasteiger partial charge in [0.15, 0.2) is 0 Å². The molecule has 27 heavy (non-hydrogen) atoms. The molecule has 1 N–H and O–H groups in total. The van der Waals surface area contributed by atoms with Gasteiger partial charge >= 0.3 is 6.09 Å². The Kier molecular flexibility index (Phi) is 4.32. The summed E-state index contributed by atoms with van der Waals surface area (Å²) in [6.45, 7) is 3.66. The van der Waals surface area contributed by atoms with Crippen LogP contribution in [-0.2, 0) is 16.0 Å². The van der Waals surface area contributed by atoms with E-state index in [1.165, 1.54) is 6.07 Å². The van der Waals surface area contributed by atoms with E-state index in [9.17, 15) is 14.0 Å². The number of hydrogen-bond donors (Lipinski definition) is 1. The molecule has 2 aromatic rings. The summed E-state index contributed by atoms with van der Waals surface area (Å²) in [6.07, 6.45) is 2.17. The van der Waals surface area contributed by atoms with Crippen molar-refractivity contribution >= 4 is 22.9 Å². The maximum atomic E-state index is 14.0. The molecular weight excluding hydrogens is 349 g/mol. The van der Waals surface area contributed by atoms with Crippen molar-refractivity contribution in [2.45, 2.75) is 38.2 Å². The van der Waals surface area contributed by atoms with Gasteiger partial charge in [0.25, 0.3) is 0 Å². The molecule has 3 heterocycles. The number of rotatable bonds is 2. The first-order valence-corrected chi connectivity index (χ1v) is 9.36. The molecule has 0 saturated carbocycles. The summed E-state index contributed by atoms with van der Waals surface area (Å²) >= 11 is 0. The first-order chi connectivity index (χ1) is 12.9. The fourth-order valence-electron chi connectivity index (χ4n) is 4.33. The number of likely N-dealkylation sites (tertiary alicyclic amines) is 1. The molecule has 144 valence electrons. The molecular formula is C20H24FN3O3. The summed E-state index contributed by atoms with van der Waals surface area (Å²) in [6, 6.07) is 4.92. The van der Waals surface area contributed by atoms with E-state index in [0.717, 1.165) is 29.5 Å². The van der Waals surface area contributed by atoms with Crippen LogP contribution in [-0.4, -0.2) is 59.1 Å². The number of ether oxygens (including phenoxy) is 1. The van der Waals surface area contributed by atoms with Crippen LogP contribution in [0.3, 0.4) is 0 Å². The zero-order valence-electron chi connectivity index (χ0n) is 15.7. The summed E-state index contributed by atoms with van der Waals surface area (Å²) in [4.78, 5) is 31.2. The normalized spacial score (nSPS) is 23.1. The highest BCUT2D eigenvalue weighted by atomic mass is 19.1. The van der Waals surface area contributed by atoms with Crippen LogP contribution in [0.15, 0.2) is 18.2 Å². The smallest absolute Gasteiger partial charge is 0.410 e. The molecule has 2 aliphatic rings. The Bertz CT molecular complexity index is 909. The van der Waals surface area contributed by atoms with Gasteiger partial charge in [0.2, 0.25) is 5.91 Å². The summed E-state index contributed by atoms with van der Waals surface area (Å²) in [5, 5.41) is 0.762. The fourth-order valence-corrected chi connectivity index (χ4v) is 4.33. The Morgan fingerprint density at radius 3 is 2.89 bits per heavy atom. The van der Waals surface area contributed by atoms with Crippen LogP contribution in [0.2, 0.25) is 0 Å². The number of fused-ring (bicyclic) bond motifs is 1. The van der Waals surface area contributed by atoms with Crippen LogP contribution in [0, 0.1) is 12.7 Å². The number of likely N-dealkylation sites (N-methyl/N-ethyl adjacent to an activating group) is 1. The van der Waals surface area contributed by atoms with E-state index in [2.05, 4.69) is 4.98 Å². The van der Waals surface area contributed by atoms with Gasteiger partial charge in [-0.2, -0.15) is 0 Å². The van der Waals surface area contributed by atoms with Crippen LogP contribution in [0.5, 0.6) is 0 Å². The minimum absolute atomic E-state index is 0.0259.